The Morgan fingerprint density at radius 3 is 2.50 bits per heavy atom. The van der Waals surface area contributed by atoms with Crippen molar-refractivity contribution in [3.8, 4) is 0 Å². The van der Waals surface area contributed by atoms with E-state index in [9.17, 15) is 14.4 Å². The zero-order valence-corrected chi connectivity index (χ0v) is 18.2. The molecule has 0 saturated carbocycles. The number of amides is 1. The van der Waals surface area contributed by atoms with E-state index in [-0.39, 0.29) is 5.91 Å². The summed E-state index contributed by atoms with van der Waals surface area (Å²) in [6.07, 6.45) is 5.09. The minimum Gasteiger partial charge on any atom is -0.334 e. The zero-order chi connectivity index (χ0) is 21.7. The maximum Gasteiger partial charge on any atom is 0.330 e. The highest BCUT2D eigenvalue weighted by Crippen LogP contribution is 2.18. The molecule has 0 aliphatic carbocycles. The second-order valence-electron chi connectivity index (χ2n) is 7.18. The molecule has 0 unspecified atom stereocenters. The first-order valence-corrected chi connectivity index (χ1v) is 10.5. The second-order valence-corrected chi connectivity index (χ2v) is 8.56. The van der Waals surface area contributed by atoms with Gasteiger partial charge in [-0.1, -0.05) is 30.3 Å². The average molecular weight is 424 g/mol. The number of aryl methyl sites for hydroxylation is 2. The van der Waals surface area contributed by atoms with Crippen LogP contribution in [0.2, 0.25) is 0 Å². The third-order valence-electron chi connectivity index (χ3n) is 4.85. The molecule has 30 heavy (non-hydrogen) atoms. The SMILES string of the molecule is Cc1ccc(CN(CCc2ccccc2)C(=O)/C=C/c2cn(C)c(=O)n(C)c2=O)s1. The summed E-state index contributed by atoms with van der Waals surface area (Å²) in [5, 5.41) is 0. The van der Waals surface area contributed by atoms with E-state index in [0.29, 0.717) is 18.7 Å². The van der Waals surface area contributed by atoms with E-state index >= 15 is 0 Å². The molecular formula is C23H25N3O3S. The van der Waals surface area contributed by atoms with Crippen LogP contribution in [0.25, 0.3) is 6.08 Å². The molecule has 2 heterocycles. The Morgan fingerprint density at radius 2 is 1.83 bits per heavy atom. The molecule has 0 aliphatic heterocycles. The number of hydrogen-bond acceptors (Lipinski definition) is 4. The summed E-state index contributed by atoms with van der Waals surface area (Å²) in [6, 6.07) is 14.1. The van der Waals surface area contributed by atoms with Crippen LogP contribution >= 0.6 is 11.3 Å². The van der Waals surface area contributed by atoms with Crippen molar-refractivity contribution < 1.29 is 4.79 Å². The largest absolute Gasteiger partial charge is 0.334 e. The van der Waals surface area contributed by atoms with Crippen molar-refractivity contribution in [2.45, 2.75) is 19.9 Å². The minimum atomic E-state index is -0.424. The Labute approximate surface area is 179 Å². The highest BCUT2D eigenvalue weighted by Gasteiger charge is 2.13. The summed E-state index contributed by atoms with van der Waals surface area (Å²) in [4.78, 5) is 41.2. The predicted molar refractivity (Wildman–Crippen MR) is 121 cm³/mol. The molecule has 0 radical (unpaired) electrons. The van der Waals surface area contributed by atoms with Crippen LogP contribution in [0, 0.1) is 6.92 Å². The fourth-order valence-corrected chi connectivity index (χ4v) is 4.06. The number of nitrogens with zero attached hydrogens (tertiary/aromatic N) is 3. The van der Waals surface area contributed by atoms with E-state index in [4.69, 9.17) is 0 Å². The monoisotopic (exact) mass is 423 g/mol. The summed E-state index contributed by atoms with van der Waals surface area (Å²) < 4.78 is 2.36. The Hall–Kier alpha value is -3.19. The summed E-state index contributed by atoms with van der Waals surface area (Å²) >= 11 is 1.67. The van der Waals surface area contributed by atoms with Gasteiger partial charge in [-0.05, 0) is 37.1 Å². The summed E-state index contributed by atoms with van der Waals surface area (Å²) in [5.41, 5.74) is 0.629. The van der Waals surface area contributed by atoms with Crippen LogP contribution < -0.4 is 11.2 Å². The number of thiophene rings is 1. The highest BCUT2D eigenvalue weighted by molar-refractivity contribution is 7.11. The van der Waals surface area contributed by atoms with Crippen LogP contribution in [-0.2, 0) is 31.9 Å². The first kappa shape index (κ1) is 21.5. The van der Waals surface area contributed by atoms with Crippen molar-refractivity contribution in [3.05, 3.63) is 96.5 Å². The fourth-order valence-electron chi connectivity index (χ4n) is 3.15. The van der Waals surface area contributed by atoms with Gasteiger partial charge in [0.05, 0.1) is 12.1 Å². The van der Waals surface area contributed by atoms with Gasteiger partial charge >= 0.3 is 5.69 Å². The normalized spacial score (nSPS) is 11.2. The lowest BCUT2D eigenvalue weighted by atomic mass is 10.1. The van der Waals surface area contributed by atoms with E-state index < -0.39 is 11.2 Å². The molecule has 0 spiro atoms. The van der Waals surface area contributed by atoms with Gasteiger partial charge in [0.2, 0.25) is 5.91 Å². The first-order valence-electron chi connectivity index (χ1n) is 9.68. The third kappa shape index (κ3) is 5.24. The van der Waals surface area contributed by atoms with E-state index in [0.717, 1.165) is 21.4 Å². The summed E-state index contributed by atoms with van der Waals surface area (Å²) in [6.45, 7) is 3.12. The minimum absolute atomic E-state index is 0.173. The van der Waals surface area contributed by atoms with Crippen molar-refractivity contribution in [2.75, 3.05) is 6.54 Å². The van der Waals surface area contributed by atoms with Crippen LogP contribution in [0.15, 0.2) is 64.3 Å². The van der Waals surface area contributed by atoms with Crippen molar-refractivity contribution in [3.63, 3.8) is 0 Å². The molecule has 3 aromatic rings. The lowest BCUT2D eigenvalue weighted by Gasteiger charge is -2.21. The first-order chi connectivity index (χ1) is 14.3. The van der Waals surface area contributed by atoms with Gasteiger partial charge in [-0.2, -0.15) is 0 Å². The number of carbonyl (C=O) groups excluding carboxylic acids is 1. The quantitative estimate of drug-likeness (QED) is 0.549. The molecule has 0 fully saturated rings. The molecule has 1 amide bonds. The van der Waals surface area contributed by atoms with Gasteiger partial charge in [-0.25, -0.2) is 4.79 Å². The summed E-state index contributed by atoms with van der Waals surface area (Å²) in [7, 11) is 3.00. The Balaban J connectivity index is 1.81. The van der Waals surface area contributed by atoms with Gasteiger partial charge in [-0.15, -0.1) is 11.3 Å². The fraction of sp³-hybridized carbons (Fsp3) is 0.261. The predicted octanol–water partition coefficient (Wildman–Crippen LogP) is 2.74. The van der Waals surface area contributed by atoms with Gasteiger partial charge in [0.25, 0.3) is 5.56 Å². The molecule has 156 valence electrons. The maximum atomic E-state index is 13.0. The smallest absolute Gasteiger partial charge is 0.330 e. The van der Waals surface area contributed by atoms with Crippen molar-refractivity contribution >= 4 is 23.3 Å². The van der Waals surface area contributed by atoms with Crippen molar-refractivity contribution in [1.82, 2.24) is 14.0 Å². The average Bonchev–Trinajstić information content (AvgIpc) is 3.16. The van der Waals surface area contributed by atoms with Crippen LogP contribution in [0.4, 0.5) is 0 Å². The molecule has 7 heteroatoms. The topological polar surface area (TPSA) is 64.3 Å². The van der Waals surface area contributed by atoms with E-state index in [1.54, 1.807) is 23.3 Å². The summed E-state index contributed by atoms with van der Waals surface area (Å²) in [5.74, 6) is -0.173. The van der Waals surface area contributed by atoms with Crippen LogP contribution in [0.3, 0.4) is 0 Å². The van der Waals surface area contributed by atoms with E-state index in [1.807, 2.05) is 49.4 Å². The molecule has 1 aromatic carbocycles. The number of rotatable bonds is 7. The van der Waals surface area contributed by atoms with E-state index in [1.165, 1.54) is 34.8 Å². The second kappa shape index (κ2) is 9.54. The molecule has 0 N–H and O–H groups in total. The van der Waals surface area contributed by atoms with Crippen LogP contribution in [-0.4, -0.2) is 26.5 Å². The lowest BCUT2D eigenvalue weighted by Crippen LogP contribution is -2.37. The van der Waals surface area contributed by atoms with Gasteiger partial charge in [-0.3, -0.25) is 14.2 Å². The Bertz CT molecular complexity index is 1170. The molecule has 3 rings (SSSR count). The van der Waals surface area contributed by atoms with Crippen molar-refractivity contribution in [2.24, 2.45) is 14.1 Å². The molecule has 0 atom stereocenters. The highest BCUT2D eigenvalue weighted by atomic mass is 32.1. The number of benzene rings is 1. The van der Waals surface area contributed by atoms with E-state index in [2.05, 4.69) is 0 Å². The third-order valence-corrected chi connectivity index (χ3v) is 5.83. The van der Waals surface area contributed by atoms with Gasteiger partial charge < -0.3 is 9.47 Å². The molecule has 0 saturated heterocycles. The molecule has 0 bridgehead atoms. The van der Waals surface area contributed by atoms with Crippen LogP contribution in [0.5, 0.6) is 0 Å². The number of carbonyl (C=O) groups is 1. The van der Waals surface area contributed by atoms with Crippen molar-refractivity contribution in [1.29, 1.82) is 0 Å². The standard InChI is InChI=1S/C23H25N3O3S/c1-17-9-11-20(30-17)16-26(14-13-18-7-5-4-6-8-18)21(27)12-10-19-15-24(2)23(29)25(3)22(19)28/h4-12,15H,13-14,16H2,1-3H3/b12-10+. The lowest BCUT2D eigenvalue weighted by molar-refractivity contribution is -0.126. The molecule has 6 nitrogen and oxygen atoms in total. The molecule has 0 aliphatic rings. The van der Waals surface area contributed by atoms with Gasteiger partial charge in [0, 0.05) is 42.7 Å². The van der Waals surface area contributed by atoms with Gasteiger partial charge in [0.15, 0.2) is 0 Å². The molecular weight excluding hydrogens is 398 g/mol. The Kier molecular flexibility index (Phi) is 6.84. The zero-order valence-electron chi connectivity index (χ0n) is 17.4. The Morgan fingerprint density at radius 1 is 1.10 bits per heavy atom. The van der Waals surface area contributed by atoms with Gasteiger partial charge in [0.1, 0.15) is 0 Å². The number of aromatic nitrogens is 2. The van der Waals surface area contributed by atoms with Crippen LogP contribution in [0.1, 0.15) is 20.9 Å². The molecule has 2 aromatic heterocycles. The maximum absolute atomic E-state index is 13.0. The number of hydrogen-bond donors (Lipinski definition) is 0.